The van der Waals surface area contributed by atoms with Crippen LogP contribution in [0.2, 0.25) is 0 Å². The Morgan fingerprint density at radius 3 is 2.50 bits per heavy atom. The van der Waals surface area contributed by atoms with Crippen molar-refractivity contribution in [1.82, 2.24) is 4.98 Å². The number of thiophene rings is 1. The van der Waals surface area contributed by atoms with Crippen LogP contribution >= 0.6 is 11.3 Å². The molecule has 5 nitrogen and oxygen atoms in total. The second-order valence-corrected chi connectivity index (χ2v) is 9.33. The van der Waals surface area contributed by atoms with Crippen molar-refractivity contribution in [3.63, 3.8) is 0 Å². The maximum Gasteiger partial charge on any atom is 0.271 e. The molecule has 0 bridgehead atoms. The number of hydrogen-bond acceptors (Lipinski definition) is 5. The van der Waals surface area contributed by atoms with Crippen molar-refractivity contribution in [2.45, 2.75) is 18.1 Å². The molecule has 0 aliphatic heterocycles. The van der Waals surface area contributed by atoms with Gasteiger partial charge >= 0.3 is 0 Å². The number of aryl methyl sites for hydroxylation is 2. The summed E-state index contributed by atoms with van der Waals surface area (Å²) in [7, 11) is -3.56. The van der Waals surface area contributed by atoms with Crippen molar-refractivity contribution in [3.8, 4) is 22.7 Å². The number of nitrogens with one attached hydrogen (secondary N) is 1. The maximum atomic E-state index is 12.3. The lowest BCUT2D eigenvalue weighted by Crippen LogP contribution is -2.11. The van der Waals surface area contributed by atoms with E-state index < -0.39 is 10.0 Å². The SMILES string of the molecule is Cc1ccc(-c2coc(-c3ccc(NS(=O)(=O)c4cccs4)cc3)n2)c(C)c1. The van der Waals surface area contributed by atoms with Crippen molar-refractivity contribution < 1.29 is 12.8 Å². The first-order chi connectivity index (χ1) is 13.4. The predicted molar refractivity (Wildman–Crippen MR) is 112 cm³/mol. The van der Waals surface area contributed by atoms with E-state index >= 15 is 0 Å². The van der Waals surface area contributed by atoms with Gasteiger partial charge in [0.05, 0.1) is 0 Å². The van der Waals surface area contributed by atoms with Gasteiger partial charge in [0.2, 0.25) is 5.89 Å². The van der Waals surface area contributed by atoms with Gasteiger partial charge in [-0.1, -0.05) is 29.8 Å². The van der Waals surface area contributed by atoms with Gasteiger partial charge in [0.15, 0.2) is 0 Å². The molecular weight excluding hydrogens is 392 g/mol. The van der Waals surface area contributed by atoms with Gasteiger partial charge in [-0.05, 0) is 55.1 Å². The molecule has 2 aromatic carbocycles. The van der Waals surface area contributed by atoms with Crippen molar-refractivity contribution in [2.24, 2.45) is 0 Å². The largest absolute Gasteiger partial charge is 0.444 e. The van der Waals surface area contributed by atoms with E-state index in [1.807, 2.05) is 19.1 Å². The predicted octanol–water partition coefficient (Wildman–Crippen LogP) is 5.49. The molecule has 0 atom stereocenters. The molecule has 0 radical (unpaired) electrons. The highest BCUT2D eigenvalue weighted by Gasteiger charge is 2.15. The first kappa shape index (κ1) is 18.5. The zero-order valence-electron chi connectivity index (χ0n) is 15.3. The standard InChI is InChI=1S/C21H18N2O3S2/c1-14-5-10-18(15(2)12-14)19-13-26-21(22-19)16-6-8-17(9-7-16)23-28(24,25)20-4-3-11-27-20/h3-13,23H,1-2H3. The molecule has 2 heterocycles. The molecule has 0 aliphatic carbocycles. The van der Waals surface area contributed by atoms with Crippen LogP contribution in [-0.2, 0) is 10.0 Å². The third-order valence-electron chi connectivity index (χ3n) is 4.31. The van der Waals surface area contributed by atoms with Gasteiger partial charge in [-0.3, -0.25) is 4.72 Å². The number of sulfonamides is 1. The summed E-state index contributed by atoms with van der Waals surface area (Å²) in [6.45, 7) is 4.10. The van der Waals surface area contributed by atoms with Gasteiger partial charge in [-0.2, -0.15) is 0 Å². The summed E-state index contributed by atoms with van der Waals surface area (Å²) in [5, 5.41) is 1.73. The Morgan fingerprint density at radius 1 is 1.04 bits per heavy atom. The molecule has 2 aromatic heterocycles. The van der Waals surface area contributed by atoms with Crippen molar-refractivity contribution >= 4 is 27.0 Å². The van der Waals surface area contributed by atoms with Gasteiger partial charge in [-0.25, -0.2) is 13.4 Å². The lowest BCUT2D eigenvalue weighted by atomic mass is 10.0. The number of hydrogen-bond donors (Lipinski definition) is 1. The molecule has 142 valence electrons. The first-order valence-corrected chi connectivity index (χ1v) is 11.0. The molecule has 0 fully saturated rings. The Bertz CT molecular complexity index is 1210. The lowest BCUT2D eigenvalue weighted by molar-refractivity contribution is 0.575. The quantitative estimate of drug-likeness (QED) is 0.472. The molecule has 4 rings (SSSR count). The lowest BCUT2D eigenvalue weighted by Gasteiger charge is -2.06. The van der Waals surface area contributed by atoms with E-state index in [4.69, 9.17) is 4.42 Å². The molecule has 0 unspecified atom stereocenters. The Morgan fingerprint density at radius 2 is 1.82 bits per heavy atom. The number of aromatic nitrogens is 1. The van der Waals surface area contributed by atoms with Gasteiger partial charge in [-0.15, -0.1) is 11.3 Å². The summed E-state index contributed by atoms with van der Waals surface area (Å²) in [5.74, 6) is 0.489. The van der Waals surface area contributed by atoms with Crippen LogP contribution in [0.15, 0.2) is 74.9 Å². The van der Waals surface area contributed by atoms with Crippen LogP contribution in [0.4, 0.5) is 5.69 Å². The summed E-state index contributed by atoms with van der Waals surface area (Å²) >= 11 is 1.18. The molecule has 0 aliphatic rings. The third kappa shape index (κ3) is 3.72. The van der Waals surface area contributed by atoms with Crippen LogP contribution in [0.25, 0.3) is 22.7 Å². The molecule has 1 N–H and O–H groups in total. The monoisotopic (exact) mass is 410 g/mol. The summed E-state index contributed by atoms with van der Waals surface area (Å²) in [4.78, 5) is 4.58. The fraction of sp³-hybridized carbons (Fsp3) is 0.0952. The van der Waals surface area contributed by atoms with Crippen molar-refractivity contribution in [3.05, 3.63) is 77.4 Å². The van der Waals surface area contributed by atoms with E-state index in [-0.39, 0.29) is 4.21 Å². The second kappa shape index (κ2) is 7.26. The second-order valence-electron chi connectivity index (χ2n) is 6.47. The molecular formula is C21H18N2O3S2. The van der Waals surface area contributed by atoms with Crippen molar-refractivity contribution in [2.75, 3.05) is 4.72 Å². The average Bonchev–Trinajstić information content (AvgIpc) is 3.35. The van der Waals surface area contributed by atoms with Crippen molar-refractivity contribution in [1.29, 1.82) is 0 Å². The van der Waals surface area contributed by atoms with Gasteiger partial charge in [0.25, 0.3) is 10.0 Å². The molecule has 0 amide bonds. The Kier molecular flexibility index (Phi) is 4.78. The minimum absolute atomic E-state index is 0.280. The number of nitrogens with zero attached hydrogens (tertiary/aromatic N) is 1. The normalized spacial score (nSPS) is 11.5. The van der Waals surface area contributed by atoms with Crippen LogP contribution in [0, 0.1) is 13.8 Å². The number of anilines is 1. The fourth-order valence-electron chi connectivity index (χ4n) is 2.93. The van der Waals surface area contributed by atoms with Crippen LogP contribution in [-0.4, -0.2) is 13.4 Å². The summed E-state index contributed by atoms with van der Waals surface area (Å²) in [6.07, 6.45) is 1.64. The number of rotatable bonds is 5. The minimum atomic E-state index is -3.56. The highest BCUT2D eigenvalue weighted by molar-refractivity contribution is 7.94. The highest BCUT2D eigenvalue weighted by Crippen LogP contribution is 2.28. The Labute approximate surface area is 167 Å². The summed E-state index contributed by atoms with van der Waals surface area (Å²) < 4.78 is 33.1. The van der Waals surface area contributed by atoms with Gasteiger partial charge in [0, 0.05) is 16.8 Å². The summed E-state index contributed by atoms with van der Waals surface area (Å²) in [6, 6.07) is 16.4. The zero-order chi connectivity index (χ0) is 19.7. The average molecular weight is 411 g/mol. The van der Waals surface area contributed by atoms with Crippen LogP contribution in [0.3, 0.4) is 0 Å². The van der Waals surface area contributed by atoms with Gasteiger partial charge in [0.1, 0.15) is 16.2 Å². The Balaban J connectivity index is 1.56. The highest BCUT2D eigenvalue weighted by atomic mass is 32.2. The zero-order valence-corrected chi connectivity index (χ0v) is 17.0. The molecule has 28 heavy (non-hydrogen) atoms. The molecule has 4 aromatic rings. The third-order valence-corrected chi connectivity index (χ3v) is 7.08. The van der Waals surface area contributed by atoms with Gasteiger partial charge < -0.3 is 4.42 Å². The van der Waals surface area contributed by atoms with E-state index in [0.29, 0.717) is 11.6 Å². The van der Waals surface area contributed by atoms with E-state index in [2.05, 4.69) is 22.7 Å². The van der Waals surface area contributed by atoms with E-state index in [0.717, 1.165) is 22.4 Å². The van der Waals surface area contributed by atoms with E-state index in [9.17, 15) is 8.42 Å². The smallest absolute Gasteiger partial charge is 0.271 e. The topological polar surface area (TPSA) is 72.2 Å². The molecule has 7 heteroatoms. The number of benzene rings is 2. The Hall–Kier alpha value is -2.90. The van der Waals surface area contributed by atoms with E-state index in [1.165, 1.54) is 16.9 Å². The number of oxazole rings is 1. The molecule has 0 saturated carbocycles. The maximum absolute atomic E-state index is 12.3. The van der Waals surface area contributed by atoms with Crippen LogP contribution in [0.1, 0.15) is 11.1 Å². The first-order valence-electron chi connectivity index (χ1n) is 8.62. The van der Waals surface area contributed by atoms with E-state index in [1.54, 1.807) is 48.0 Å². The minimum Gasteiger partial charge on any atom is -0.444 e. The van der Waals surface area contributed by atoms with Crippen LogP contribution in [0.5, 0.6) is 0 Å². The fourth-order valence-corrected chi connectivity index (χ4v) is 4.99. The molecule has 0 spiro atoms. The molecule has 0 saturated heterocycles. The van der Waals surface area contributed by atoms with Crippen LogP contribution < -0.4 is 4.72 Å². The summed E-state index contributed by atoms with van der Waals surface area (Å²) in [5.41, 5.74) is 5.40.